The van der Waals surface area contributed by atoms with Crippen LogP contribution in [0.25, 0.3) is 0 Å². The van der Waals surface area contributed by atoms with Gasteiger partial charge in [0.25, 0.3) is 0 Å². The quantitative estimate of drug-likeness (QED) is 0.761. The molecule has 15 heavy (non-hydrogen) atoms. The molecule has 1 aromatic carbocycles. The Morgan fingerprint density at radius 3 is 2.33 bits per heavy atom. The zero-order valence-corrected chi connectivity index (χ0v) is 8.85. The third-order valence-corrected chi connectivity index (χ3v) is 2.44. The lowest BCUT2D eigenvalue weighted by atomic mass is 10.0. The van der Waals surface area contributed by atoms with Crippen molar-refractivity contribution < 1.29 is 10.2 Å². The smallest absolute Gasteiger partial charge is 0.106 e. The summed E-state index contributed by atoms with van der Waals surface area (Å²) in [5, 5.41) is 27.4. The number of aliphatic hydroxyl groups is 2. The van der Waals surface area contributed by atoms with Crippen molar-refractivity contribution in [2.75, 3.05) is 5.88 Å². The second-order valence-corrected chi connectivity index (χ2v) is 3.55. The van der Waals surface area contributed by atoms with E-state index >= 15 is 0 Å². The van der Waals surface area contributed by atoms with Gasteiger partial charge in [0.1, 0.15) is 6.10 Å². The van der Waals surface area contributed by atoms with E-state index in [9.17, 15) is 10.2 Å². The van der Waals surface area contributed by atoms with Gasteiger partial charge in [-0.25, -0.2) is 0 Å². The SMILES string of the molecule is N#CCc1ccc(C(O)C(O)CCl)cc1. The first-order valence-corrected chi connectivity index (χ1v) is 5.10. The average molecular weight is 226 g/mol. The van der Waals surface area contributed by atoms with Crippen molar-refractivity contribution in [2.24, 2.45) is 0 Å². The zero-order valence-electron chi connectivity index (χ0n) is 8.10. The van der Waals surface area contributed by atoms with E-state index in [0.717, 1.165) is 5.56 Å². The van der Waals surface area contributed by atoms with E-state index in [-0.39, 0.29) is 5.88 Å². The van der Waals surface area contributed by atoms with Crippen molar-refractivity contribution in [3.05, 3.63) is 35.4 Å². The van der Waals surface area contributed by atoms with Crippen LogP contribution in [-0.2, 0) is 6.42 Å². The van der Waals surface area contributed by atoms with E-state index in [1.165, 1.54) is 0 Å². The van der Waals surface area contributed by atoms with Crippen LogP contribution in [0.5, 0.6) is 0 Å². The van der Waals surface area contributed by atoms with Gasteiger partial charge in [-0.1, -0.05) is 24.3 Å². The number of benzene rings is 1. The van der Waals surface area contributed by atoms with Crippen LogP contribution in [0, 0.1) is 11.3 Å². The standard InChI is InChI=1S/C11H12ClNO2/c12-7-10(14)11(15)9-3-1-8(2-4-9)5-6-13/h1-4,10-11,14-15H,5,7H2. The summed E-state index contributed by atoms with van der Waals surface area (Å²) in [6.45, 7) is 0. The fraction of sp³-hybridized carbons (Fsp3) is 0.364. The van der Waals surface area contributed by atoms with Crippen molar-refractivity contribution >= 4 is 11.6 Å². The molecule has 2 atom stereocenters. The Morgan fingerprint density at radius 2 is 1.87 bits per heavy atom. The van der Waals surface area contributed by atoms with Gasteiger partial charge in [0, 0.05) is 0 Å². The summed E-state index contributed by atoms with van der Waals surface area (Å²) in [5.41, 5.74) is 1.48. The fourth-order valence-corrected chi connectivity index (χ4v) is 1.40. The van der Waals surface area contributed by atoms with Gasteiger partial charge in [0.2, 0.25) is 0 Å². The second kappa shape index (κ2) is 5.72. The van der Waals surface area contributed by atoms with E-state index < -0.39 is 12.2 Å². The highest BCUT2D eigenvalue weighted by atomic mass is 35.5. The van der Waals surface area contributed by atoms with E-state index in [1.54, 1.807) is 24.3 Å². The second-order valence-electron chi connectivity index (χ2n) is 3.24. The summed E-state index contributed by atoms with van der Waals surface area (Å²) in [6.07, 6.45) is -1.60. The molecule has 80 valence electrons. The molecule has 1 rings (SSSR count). The zero-order chi connectivity index (χ0) is 11.3. The molecule has 0 spiro atoms. The lowest BCUT2D eigenvalue weighted by Gasteiger charge is -2.15. The number of nitriles is 1. The Labute approximate surface area is 93.5 Å². The molecule has 0 aliphatic carbocycles. The van der Waals surface area contributed by atoms with Gasteiger partial charge in [-0.05, 0) is 11.1 Å². The number of alkyl halides is 1. The summed E-state index contributed by atoms with van der Waals surface area (Å²) in [7, 11) is 0. The predicted octanol–water partition coefficient (Wildman–Crippen LogP) is 1.39. The maximum absolute atomic E-state index is 9.61. The maximum Gasteiger partial charge on any atom is 0.106 e. The van der Waals surface area contributed by atoms with Crippen LogP contribution in [0.15, 0.2) is 24.3 Å². The molecule has 0 amide bonds. The molecule has 0 fully saturated rings. The monoisotopic (exact) mass is 225 g/mol. The first-order valence-electron chi connectivity index (χ1n) is 4.57. The van der Waals surface area contributed by atoms with E-state index in [0.29, 0.717) is 12.0 Å². The van der Waals surface area contributed by atoms with Crippen LogP contribution in [0.1, 0.15) is 17.2 Å². The third kappa shape index (κ3) is 3.21. The summed E-state index contributed by atoms with van der Waals surface area (Å²) in [5.74, 6) is -0.0128. The number of aliphatic hydroxyl groups excluding tert-OH is 2. The van der Waals surface area contributed by atoms with E-state index in [4.69, 9.17) is 16.9 Å². The summed E-state index contributed by atoms with van der Waals surface area (Å²) in [6, 6.07) is 8.91. The van der Waals surface area contributed by atoms with Crippen LogP contribution in [0.4, 0.5) is 0 Å². The Hall–Kier alpha value is -1.08. The molecule has 0 heterocycles. The van der Waals surface area contributed by atoms with Gasteiger partial charge >= 0.3 is 0 Å². The molecular weight excluding hydrogens is 214 g/mol. The minimum absolute atomic E-state index is 0.0128. The molecule has 0 aromatic heterocycles. The van der Waals surface area contributed by atoms with Crippen LogP contribution in [-0.4, -0.2) is 22.2 Å². The van der Waals surface area contributed by atoms with Gasteiger partial charge in [0.15, 0.2) is 0 Å². The topological polar surface area (TPSA) is 64.2 Å². The molecule has 0 saturated heterocycles. The van der Waals surface area contributed by atoms with Crippen LogP contribution >= 0.6 is 11.6 Å². The Morgan fingerprint density at radius 1 is 1.27 bits per heavy atom. The molecule has 0 bridgehead atoms. The van der Waals surface area contributed by atoms with Crippen molar-refractivity contribution in [1.82, 2.24) is 0 Å². The van der Waals surface area contributed by atoms with Gasteiger partial charge in [-0.15, -0.1) is 11.6 Å². The predicted molar refractivity (Wildman–Crippen MR) is 57.4 cm³/mol. The molecule has 2 unspecified atom stereocenters. The average Bonchev–Trinajstić information content (AvgIpc) is 2.28. The van der Waals surface area contributed by atoms with E-state index in [1.807, 2.05) is 6.07 Å². The minimum atomic E-state index is -0.973. The molecule has 0 saturated carbocycles. The van der Waals surface area contributed by atoms with Gasteiger partial charge in [0.05, 0.1) is 24.5 Å². The minimum Gasteiger partial charge on any atom is -0.389 e. The van der Waals surface area contributed by atoms with Crippen molar-refractivity contribution in [3.8, 4) is 6.07 Å². The lowest BCUT2D eigenvalue weighted by Crippen LogP contribution is -2.19. The fourth-order valence-electron chi connectivity index (χ4n) is 1.23. The number of rotatable bonds is 4. The number of halogens is 1. The molecule has 0 aliphatic heterocycles. The summed E-state index contributed by atoms with van der Waals surface area (Å²) < 4.78 is 0. The van der Waals surface area contributed by atoms with Crippen LogP contribution < -0.4 is 0 Å². The van der Waals surface area contributed by atoms with Crippen molar-refractivity contribution in [3.63, 3.8) is 0 Å². The molecule has 4 heteroatoms. The number of nitrogens with zero attached hydrogens (tertiary/aromatic N) is 1. The van der Waals surface area contributed by atoms with Gasteiger partial charge in [-0.3, -0.25) is 0 Å². The molecule has 1 aromatic rings. The molecule has 2 N–H and O–H groups in total. The van der Waals surface area contributed by atoms with E-state index in [2.05, 4.69) is 0 Å². The third-order valence-electron chi connectivity index (χ3n) is 2.13. The first kappa shape index (κ1) is 12.0. The van der Waals surface area contributed by atoms with Gasteiger partial charge < -0.3 is 10.2 Å². The summed E-state index contributed by atoms with van der Waals surface area (Å²) in [4.78, 5) is 0. The highest BCUT2D eigenvalue weighted by Crippen LogP contribution is 2.18. The number of hydrogen-bond acceptors (Lipinski definition) is 3. The Bertz CT molecular complexity index is 345. The van der Waals surface area contributed by atoms with Crippen molar-refractivity contribution in [2.45, 2.75) is 18.6 Å². The Balaban J connectivity index is 2.76. The van der Waals surface area contributed by atoms with Crippen LogP contribution in [0.2, 0.25) is 0 Å². The molecule has 0 radical (unpaired) electrons. The van der Waals surface area contributed by atoms with Gasteiger partial charge in [-0.2, -0.15) is 5.26 Å². The summed E-state index contributed by atoms with van der Waals surface area (Å²) >= 11 is 5.42. The van der Waals surface area contributed by atoms with Crippen LogP contribution in [0.3, 0.4) is 0 Å². The Kier molecular flexibility index (Phi) is 4.57. The first-order chi connectivity index (χ1) is 7.19. The van der Waals surface area contributed by atoms with Crippen molar-refractivity contribution in [1.29, 1.82) is 5.26 Å². The molecular formula is C11H12ClNO2. The number of hydrogen-bond donors (Lipinski definition) is 2. The largest absolute Gasteiger partial charge is 0.389 e. The normalized spacial score (nSPS) is 14.3. The molecule has 0 aliphatic rings. The molecule has 3 nitrogen and oxygen atoms in total. The highest BCUT2D eigenvalue weighted by Gasteiger charge is 2.16. The lowest BCUT2D eigenvalue weighted by molar-refractivity contribution is 0.0327. The highest BCUT2D eigenvalue weighted by molar-refractivity contribution is 6.18. The maximum atomic E-state index is 9.61.